The van der Waals surface area contributed by atoms with Gasteiger partial charge < -0.3 is 0 Å². The van der Waals surface area contributed by atoms with Gasteiger partial charge in [0.2, 0.25) is 0 Å². The van der Waals surface area contributed by atoms with Crippen molar-refractivity contribution in [2.24, 2.45) is 4.99 Å². The van der Waals surface area contributed by atoms with Crippen LogP contribution < -0.4 is 4.48 Å². The number of quaternary nitrogens is 1. The van der Waals surface area contributed by atoms with Gasteiger partial charge in [0, 0.05) is 18.3 Å². The minimum absolute atomic E-state index is 0.0710. The molecule has 1 aliphatic rings. The smallest absolute Gasteiger partial charge is 0.269 e. The van der Waals surface area contributed by atoms with E-state index >= 15 is 0 Å². The van der Waals surface area contributed by atoms with Crippen molar-refractivity contribution < 1.29 is 4.92 Å². The Labute approximate surface area is 205 Å². The van der Waals surface area contributed by atoms with E-state index in [4.69, 9.17) is 0 Å². The number of nitrogens with zero attached hydrogens (tertiary/aromatic N) is 3. The van der Waals surface area contributed by atoms with Gasteiger partial charge in [-0.05, 0) is 93.6 Å². The molecule has 0 fully saturated rings. The molecule has 0 bridgehead atoms. The molecule has 4 aromatic rings. The number of rotatable bonds is 5. The number of benzene rings is 4. The highest BCUT2D eigenvalue weighted by Crippen LogP contribution is 2.46. The Kier molecular flexibility index (Phi) is 5.63. The molecule has 0 unspecified atom stereocenters. The lowest BCUT2D eigenvalue weighted by Gasteiger charge is -2.23. The monoisotopic (exact) mass is 460 g/mol. The number of aliphatic imine (C=N–C) groups is 1. The topological polar surface area (TPSA) is 55.5 Å². The van der Waals surface area contributed by atoms with Crippen molar-refractivity contribution in [2.45, 2.75) is 0 Å². The van der Waals surface area contributed by atoms with E-state index in [2.05, 4.69) is 92.9 Å². The summed E-state index contributed by atoms with van der Waals surface area (Å²) in [4.78, 5) is 15.1. The van der Waals surface area contributed by atoms with Crippen LogP contribution in [0.3, 0.4) is 0 Å². The minimum Gasteiger partial charge on any atom is -0.298 e. The maximum absolute atomic E-state index is 10.9. The third-order valence-electron chi connectivity index (χ3n) is 6.25. The van der Waals surface area contributed by atoms with E-state index in [-0.39, 0.29) is 5.69 Å². The molecule has 0 atom stereocenters. The second kappa shape index (κ2) is 8.78. The van der Waals surface area contributed by atoms with Crippen molar-refractivity contribution >= 4 is 34.9 Å². The van der Waals surface area contributed by atoms with Gasteiger partial charge >= 0.3 is 0 Å². The molecule has 4 aromatic carbocycles. The summed E-state index contributed by atoms with van der Waals surface area (Å²) in [5, 5.41) is 10.9. The first-order chi connectivity index (χ1) is 16.8. The summed E-state index contributed by atoms with van der Waals surface area (Å²) in [6.45, 7) is 0. The van der Waals surface area contributed by atoms with E-state index in [0.717, 1.165) is 26.9 Å². The van der Waals surface area contributed by atoms with Gasteiger partial charge in [-0.1, -0.05) is 30.3 Å². The Morgan fingerprint density at radius 2 is 1.37 bits per heavy atom. The van der Waals surface area contributed by atoms with Gasteiger partial charge in [0.1, 0.15) is 5.69 Å². The highest BCUT2D eigenvalue weighted by atomic mass is 16.6. The van der Waals surface area contributed by atoms with Crippen molar-refractivity contribution in [3.05, 3.63) is 123 Å². The molecule has 0 aromatic heterocycles. The summed E-state index contributed by atoms with van der Waals surface area (Å²) in [6, 6.07) is 29.8. The summed E-state index contributed by atoms with van der Waals surface area (Å²) in [5.74, 6) is 0. The lowest BCUT2D eigenvalue weighted by molar-refractivity contribution is -0.384. The summed E-state index contributed by atoms with van der Waals surface area (Å²) in [5.41, 5.74) is 10.1. The van der Waals surface area contributed by atoms with Crippen LogP contribution in [0, 0.1) is 10.1 Å². The van der Waals surface area contributed by atoms with Crippen LogP contribution in [0.25, 0.3) is 22.8 Å². The maximum Gasteiger partial charge on any atom is 0.269 e. The quantitative estimate of drug-likeness (QED) is 0.121. The fraction of sp³-hybridized carbons (Fsp3) is 0.100. The molecule has 0 aliphatic heterocycles. The van der Waals surface area contributed by atoms with Crippen molar-refractivity contribution in [1.29, 1.82) is 0 Å². The average molecular weight is 461 g/mol. The van der Waals surface area contributed by atoms with Gasteiger partial charge in [0.25, 0.3) is 5.69 Å². The number of hydrogen-bond donors (Lipinski definition) is 0. The summed E-state index contributed by atoms with van der Waals surface area (Å²) >= 11 is 0. The first-order valence-electron chi connectivity index (χ1n) is 11.5. The minimum atomic E-state index is -0.400. The second-order valence-corrected chi connectivity index (χ2v) is 9.54. The lowest BCUT2D eigenvalue weighted by atomic mass is 10.0. The van der Waals surface area contributed by atoms with Crippen molar-refractivity contribution in [2.75, 3.05) is 21.1 Å². The lowest BCUT2D eigenvalue weighted by Crippen LogP contribution is -2.34. The normalized spacial score (nSPS) is 13.7. The van der Waals surface area contributed by atoms with Crippen LogP contribution in [0.5, 0.6) is 0 Å². The van der Waals surface area contributed by atoms with Crippen molar-refractivity contribution in [1.82, 2.24) is 4.48 Å². The summed E-state index contributed by atoms with van der Waals surface area (Å²) in [6.07, 6.45) is 3.98. The van der Waals surface area contributed by atoms with Gasteiger partial charge in [0.15, 0.2) is 0 Å². The molecular formula is C30H26N3O2+. The van der Waals surface area contributed by atoms with E-state index in [1.165, 1.54) is 40.1 Å². The summed E-state index contributed by atoms with van der Waals surface area (Å²) < 4.78 is 0.776. The standard InChI is InChI=1S/C30H26N3O2/c1-33(2,3)25-15-10-21(11-16-25)18-29-27-7-5-4-6-26(27)28-17-12-23(19-30(28)29)31-20-22-8-13-24(14-9-22)32(34)35/h4-20H,1-3H3/q+1. The van der Waals surface area contributed by atoms with E-state index in [9.17, 15) is 10.1 Å². The molecule has 0 heterocycles. The van der Waals surface area contributed by atoms with Crippen LogP contribution in [0.15, 0.2) is 96.0 Å². The number of non-ortho nitro benzene ring substituents is 1. The van der Waals surface area contributed by atoms with Crippen LogP contribution in [0.1, 0.15) is 22.3 Å². The van der Waals surface area contributed by atoms with Gasteiger partial charge in [0.05, 0.1) is 31.8 Å². The van der Waals surface area contributed by atoms with E-state index in [1.54, 1.807) is 18.3 Å². The maximum atomic E-state index is 10.9. The van der Waals surface area contributed by atoms with Crippen LogP contribution in [0.2, 0.25) is 0 Å². The molecule has 0 amide bonds. The number of fused-ring (bicyclic) bond motifs is 3. The first-order valence-corrected chi connectivity index (χ1v) is 11.5. The van der Waals surface area contributed by atoms with E-state index in [1.807, 2.05) is 6.07 Å². The predicted molar refractivity (Wildman–Crippen MR) is 145 cm³/mol. The average Bonchev–Trinajstić information content (AvgIpc) is 3.16. The zero-order valence-corrected chi connectivity index (χ0v) is 20.0. The number of nitro benzene ring substituents is 1. The largest absolute Gasteiger partial charge is 0.298 e. The molecule has 0 spiro atoms. The van der Waals surface area contributed by atoms with Crippen LogP contribution in [0.4, 0.5) is 17.1 Å². The van der Waals surface area contributed by atoms with Crippen LogP contribution >= 0.6 is 0 Å². The zero-order chi connectivity index (χ0) is 24.6. The van der Waals surface area contributed by atoms with E-state index < -0.39 is 4.92 Å². The van der Waals surface area contributed by atoms with Crippen LogP contribution in [-0.4, -0.2) is 32.3 Å². The molecular weight excluding hydrogens is 434 g/mol. The third kappa shape index (κ3) is 4.54. The fourth-order valence-corrected chi connectivity index (χ4v) is 4.34. The van der Waals surface area contributed by atoms with Crippen LogP contribution in [-0.2, 0) is 0 Å². The zero-order valence-electron chi connectivity index (χ0n) is 20.0. The molecule has 5 rings (SSSR count). The molecule has 172 valence electrons. The Bertz CT molecular complexity index is 1480. The number of nitro groups is 1. The second-order valence-electron chi connectivity index (χ2n) is 9.54. The molecule has 0 radical (unpaired) electrons. The third-order valence-corrected chi connectivity index (χ3v) is 6.25. The summed E-state index contributed by atoms with van der Waals surface area (Å²) in [7, 11) is 6.49. The SMILES string of the molecule is C[N+](C)(C)c1ccc(C=C2c3ccccc3-c3ccc(N=Cc4ccc([N+](=O)[O-])cc4)cc32)cc1. The Balaban J connectivity index is 1.51. The number of hydrogen-bond acceptors (Lipinski definition) is 3. The Morgan fingerprint density at radius 3 is 2.03 bits per heavy atom. The van der Waals surface area contributed by atoms with Crippen molar-refractivity contribution in [3.8, 4) is 11.1 Å². The van der Waals surface area contributed by atoms with Crippen molar-refractivity contribution in [3.63, 3.8) is 0 Å². The molecule has 1 aliphatic carbocycles. The molecule has 0 saturated carbocycles. The molecule has 0 saturated heterocycles. The molecule has 5 nitrogen and oxygen atoms in total. The van der Waals surface area contributed by atoms with Gasteiger partial charge in [-0.2, -0.15) is 0 Å². The fourth-order valence-electron chi connectivity index (χ4n) is 4.34. The predicted octanol–water partition coefficient (Wildman–Crippen LogP) is 7.11. The molecule has 5 heteroatoms. The van der Waals surface area contributed by atoms with Gasteiger partial charge in [-0.15, -0.1) is 0 Å². The van der Waals surface area contributed by atoms with Gasteiger partial charge in [-0.3, -0.25) is 19.6 Å². The first kappa shape index (κ1) is 22.4. The molecule has 35 heavy (non-hydrogen) atoms. The Morgan fingerprint density at radius 1 is 0.743 bits per heavy atom. The van der Waals surface area contributed by atoms with Gasteiger partial charge in [-0.25, -0.2) is 0 Å². The van der Waals surface area contributed by atoms with E-state index in [0.29, 0.717) is 0 Å². The Hall–Kier alpha value is -4.35. The highest BCUT2D eigenvalue weighted by Gasteiger charge is 2.23. The molecule has 0 N–H and O–H groups in total. The highest BCUT2D eigenvalue weighted by molar-refractivity contribution is 6.07.